The molecule has 0 spiro atoms. The topological polar surface area (TPSA) is 73.2 Å². The number of aromatic nitrogens is 2. The van der Waals surface area contributed by atoms with Gasteiger partial charge in [0.1, 0.15) is 0 Å². The van der Waals surface area contributed by atoms with Gasteiger partial charge in [0.25, 0.3) is 5.56 Å². The van der Waals surface area contributed by atoms with Gasteiger partial charge in [-0.15, -0.1) is 0 Å². The lowest BCUT2D eigenvalue weighted by Crippen LogP contribution is -2.31. The van der Waals surface area contributed by atoms with Crippen molar-refractivity contribution in [3.05, 3.63) is 70.5 Å². The van der Waals surface area contributed by atoms with Crippen LogP contribution in [0.5, 0.6) is 0 Å². The Morgan fingerprint density at radius 3 is 2.67 bits per heavy atom. The fourth-order valence-corrected chi connectivity index (χ4v) is 4.00. The summed E-state index contributed by atoms with van der Waals surface area (Å²) in [6.07, 6.45) is 0.704. The first-order valence-electron chi connectivity index (χ1n) is 10.2. The molecule has 7 heteroatoms. The van der Waals surface area contributed by atoms with E-state index in [4.69, 9.17) is 4.74 Å². The van der Waals surface area contributed by atoms with Crippen LogP contribution >= 0.6 is 11.8 Å². The van der Waals surface area contributed by atoms with Gasteiger partial charge in [-0.3, -0.25) is 14.2 Å². The first kappa shape index (κ1) is 22.1. The average Bonchev–Trinajstić information content (AvgIpc) is 2.77. The molecule has 2 aromatic carbocycles. The van der Waals surface area contributed by atoms with E-state index in [1.54, 1.807) is 10.6 Å². The van der Waals surface area contributed by atoms with Crippen molar-refractivity contribution >= 4 is 28.6 Å². The highest BCUT2D eigenvalue weighted by Gasteiger charge is 2.19. The maximum Gasteiger partial charge on any atom is 0.262 e. The van der Waals surface area contributed by atoms with Gasteiger partial charge in [0.2, 0.25) is 5.91 Å². The first-order chi connectivity index (χ1) is 14.6. The van der Waals surface area contributed by atoms with E-state index in [9.17, 15) is 9.59 Å². The number of para-hydroxylation sites is 1. The fraction of sp³-hybridized carbons (Fsp3) is 0.348. The molecular weight excluding hydrogens is 398 g/mol. The summed E-state index contributed by atoms with van der Waals surface area (Å²) in [5.41, 5.74) is 1.60. The number of fused-ring (bicyclic) bond motifs is 1. The molecule has 0 radical (unpaired) electrons. The molecule has 0 aliphatic heterocycles. The number of amides is 1. The molecular formula is C23H27N3O3S. The van der Waals surface area contributed by atoms with Crippen molar-refractivity contribution < 1.29 is 9.53 Å². The van der Waals surface area contributed by atoms with E-state index < -0.39 is 0 Å². The maximum absolute atomic E-state index is 13.0. The molecule has 0 aliphatic carbocycles. The molecule has 1 N–H and O–H groups in total. The number of nitrogens with zero attached hydrogens (tertiary/aromatic N) is 2. The molecule has 6 nitrogen and oxygen atoms in total. The van der Waals surface area contributed by atoms with Gasteiger partial charge in [0.05, 0.1) is 16.2 Å². The second kappa shape index (κ2) is 10.9. The SMILES string of the molecule is CCOCCCn1c(S[C@@H](C)C(=O)NCc2ccccc2)nc2ccccc2c1=O. The van der Waals surface area contributed by atoms with Gasteiger partial charge in [-0.2, -0.15) is 0 Å². The smallest absolute Gasteiger partial charge is 0.262 e. The summed E-state index contributed by atoms with van der Waals surface area (Å²) >= 11 is 1.31. The third-order valence-electron chi connectivity index (χ3n) is 4.66. The minimum atomic E-state index is -0.389. The monoisotopic (exact) mass is 425 g/mol. The molecule has 1 heterocycles. The number of hydrogen-bond donors (Lipinski definition) is 1. The van der Waals surface area contributed by atoms with Gasteiger partial charge in [0, 0.05) is 26.3 Å². The van der Waals surface area contributed by atoms with Crippen molar-refractivity contribution in [3.8, 4) is 0 Å². The van der Waals surface area contributed by atoms with Crippen LogP contribution in [0, 0.1) is 0 Å². The number of carbonyl (C=O) groups is 1. The molecule has 0 aliphatic rings. The van der Waals surface area contributed by atoms with E-state index in [0.29, 0.717) is 48.8 Å². The van der Waals surface area contributed by atoms with Crippen LogP contribution < -0.4 is 10.9 Å². The van der Waals surface area contributed by atoms with Gasteiger partial charge in [0.15, 0.2) is 5.16 Å². The van der Waals surface area contributed by atoms with Crippen LogP contribution in [0.15, 0.2) is 64.5 Å². The lowest BCUT2D eigenvalue weighted by atomic mass is 10.2. The predicted octanol–water partition coefficient (Wildman–Crippen LogP) is 3.62. The number of thioether (sulfide) groups is 1. The van der Waals surface area contributed by atoms with Crippen LogP contribution in [0.4, 0.5) is 0 Å². The van der Waals surface area contributed by atoms with Gasteiger partial charge < -0.3 is 10.1 Å². The number of carbonyl (C=O) groups excluding carboxylic acids is 1. The molecule has 3 rings (SSSR count). The summed E-state index contributed by atoms with van der Waals surface area (Å²) in [5, 5.41) is 3.70. The zero-order valence-corrected chi connectivity index (χ0v) is 18.2. The second-order valence-electron chi connectivity index (χ2n) is 6.88. The fourth-order valence-electron chi connectivity index (χ4n) is 3.04. The lowest BCUT2D eigenvalue weighted by molar-refractivity contribution is -0.120. The van der Waals surface area contributed by atoms with E-state index >= 15 is 0 Å². The van der Waals surface area contributed by atoms with Gasteiger partial charge in [-0.1, -0.05) is 54.2 Å². The summed E-state index contributed by atoms with van der Waals surface area (Å²) in [6.45, 7) is 5.96. The number of rotatable bonds is 10. The Labute approximate surface area is 180 Å². The van der Waals surface area contributed by atoms with Crippen molar-refractivity contribution in [1.82, 2.24) is 14.9 Å². The minimum absolute atomic E-state index is 0.0866. The second-order valence-corrected chi connectivity index (χ2v) is 8.19. The summed E-state index contributed by atoms with van der Waals surface area (Å²) in [6, 6.07) is 17.1. The minimum Gasteiger partial charge on any atom is -0.382 e. The Balaban J connectivity index is 1.77. The van der Waals surface area contributed by atoms with Crippen molar-refractivity contribution in [2.45, 2.75) is 43.8 Å². The van der Waals surface area contributed by atoms with Crippen molar-refractivity contribution in [1.29, 1.82) is 0 Å². The Morgan fingerprint density at radius 1 is 1.17 bits per heavy atom. The Kier molecular flexibility index (Phi) is 8.04. The maximum atomic E-state index is 13.0. The van der Waals surface area contributed by atoms with Crippen LogP contribution in [0.25, 0.3) is 10.9 Å². The van der Waals surface area contributed by atoms with Gasteiger partial charge in [-0.25, -0.2) is 4.98 Å². The molecule has 0 saturated heterocycles. The molecule has 3 aromatic rings. The first-order valence-corrected chi connectivity index (χ1v) is 11.0. The third-order valence-corrected chi connectivity index (χ3v) is 5.75. The van der Waals surface area contributed by atoms with Crippen molar-refractivity contribution in [3.63, 3.8) is 0 Å². The molecule has 0 saturated carbocycles. The van der Waals surface area contributed by atoms with E-state index in [-0.39, 0.29) is 16.7 Å². The van der Waals surface area contributed by atoms with E-state index in [1.807, 2.05) is 62.4 Å². The van der Waals surface area contributed by atoms with E-state index in [2.05, 4.69) is 10.3 Å². The lowest BCUT2D eigenvalue weighted by Gasteiger charge is -2.16. The predicted molar refractivity (Wildman–Crippen MR) is 121 cm³/mol. The molecule has 158 valence electrons. The number of ether oxygens (including phenoxy) is 1. The summed E-state index contributed by atoms with van der Waals surface area (Å²) in [4.78, 5) is 30.3. The molecule has 30 heavy (non-hydrogen) atoms. The molecule has 1 amide bonds. The Morgan fingerprint density at radius 2 is 1.90 bits per heavy atom. The summed E-state index contributed by atoms with van der Waals surface area (Å²) in [7, 11) is 0. The van der Waals surface area contributed by atoms with E-state index in [0.717, 1.165) is 5.56 Å². The molecule has 0 unspecified atom stereocenters. The summed E-state index contributed by atoms with van der Waals surface area (Å²) in [5.74, 6) is -0.0906. The molecule has 1 atom stereocenters. The zero-order valence-electron chi connectivity index (χ0n) is 17.3. The zero-order chi connectivity index (χ0) is 21.3. The highest BCUT2D eigenvalue weighted by molar-refractivity contribution is 8.00. The molecule has 1 aromatic heterocycles. The van der Waals surface area contributed by atoms with Crippen molar-refractivity contribution in [2.75, 3.05) is 13.2 Å². The number of nitrogens with one attached hydrogen (secondary N) is 1. The highest BCUT2D eigenvalue weighted by Crippen LogP contribution is 2.23. The normalized spacial score (nSPS) is 12.1. The van der Waals surface area contributed by atoms with Crippen molar-refractivity contribution in [2.24, 2.45) is 0 Å². The molecule has 0 fully saturated rings. The molecule has 0 bridgehead atoms. The Hall–Kier alpha value is -2.64. The van der Waals surface area contributed by atoms with Gasteiger partial charge >= 0.3 is 0 Å². The van der Waals surface area contributed by atoms with Crippen LogP contribution in [0.3, 0.4) is 0 Å². The van der Waals surface area contributed by atoms with Crippen LogP contribution in [-0.4, -0.2) is 33.9 Å². The van der Waals surface area contributed by atoms with E-state index in [1.165, 1.54) is 11.8 Å². The summed E-state index contributed by atoms with van der Waals surface area (Å²) < 4.78 is 7.07. The van der Waals surface area contributed by atoms with Crippen LogP contribution in [0.1, 0.15) is 25.8 Å². The largest absolute Gasteiger partial charge is 0.382 e. The average molecular weight is 426 g/mol. The Bertz CT molecular complexity index is 1040. The van der Waals surface area contributed by atoms with Crippen LogP contribution in [0.2, 0.25) is 0 Å². The van der Waals surface area contributed by atoms with Crippen LogP contribution in [-0.2, 0) is 22.6 Å². The standard InChI is InChI=1S/C23H27N3O3S/c1-3-29-15-9-14-26-22(28)19-12-7-8-13-20(19)25-23(26)30-17(2)21(27)24-16-18-10-5-4-6-11-18/h4-8,10-13,17H,3,9,14-16H2,1-2H3,(H,24,27)/t17-/m0/s1. The third kappa shape index (κ3) is 5.70. The number of benzene rings is 2. The number of hydrogen-bond acceptors (Lipinski definition) is 5. The highest BCUT2D eigenvalue weighted by atomic mass is 32.2. The van der Waals surface area contributed by atoms with Gasteiger partial charge in [-0.05, 0) is 38.0 Å². The quantitative estimate of drug-likeness (QED) is 0.305.